The molecule has 0 saturated heterocycles. The molecule has 8 nitrogen and oxygen atoms in total. The number of hydrogen-bond acceptors (Lipinski definition) is 6. The fraction of sp³-hybridized carbons (Fsp3) is 0.560. The van der Waals surface area contributed by atoms with Crippen molar-refractivity contribution < 1.29 is 23.5 Å². The standard InChI is InChI=1S/C25H34N4O4S/c1-17(2)13-14-20(30)22-29(28-24(33-22)34-18(3)4)23(32)27-25(15-9-6-10-16-25)26-21(31)19-11-7-5-8-12-19/h5,7-8,11-12,17-18H,6,9-10,13-16H2,1-4H3,(H-,26,27,31,32)/p+1. The van der Waals surface area contributed by atoms with Gasteiger partial charge in [0.05, 0.1) is 0 Å². The first kappa shape index (κ1) is 25.9. The van der Waals surface area contributed by atoms with Gasteiger partial charge in [-0.05, 0) is 47.1 Å². The van der Waals surface area contributed by atoms with E-state index >= 15 is 0 Å². The smallest absolute Gasteiger partial charge is 0.390 e. The van der Waals surface area contributed by atoms with Crippen LogP contribution in [0.3, 0.4) is 0 Å². The SMILES string of the molecule is CC(C)CCC(=O)c1oc(SC(C)C)n[n+]1C(=O)NC1(NC(=O)c2ccccc2)CCCCC1. The molecule has 0 spiro atoms. The van der Waals surface area contributed by atoms with Crippen molar-refractivity contribution in [2.24, 2.45) is 5.92 Å². The summed E-state index contributed by atoms with van der Waals surface area (Å²) >= 11 is 1.35. The van der Waals surface area contributed by atoms with Gasteiger partial charge in [-0.2, -0.15) is 4.79 Å². The van der Waals surface area contributed by atoms with Crippen molar-refractivity contribution in [3.8, 4) is 0 Å². The lowest BCUT2D eigenvalue weighted by Gasteiger charge is -2.34. The Morgan fingerprint density at radius 2 is 1.74 bits per heavy atom. The van der Waals surface area contributed by atoms with E-state index < -0.39 is 11.7 Å². The highest BCUT2D eigenvalue weighted by Crippen LogP contribution is 2.27. The van der Waals surface area contributed by atoms with E-state index in [2.05, 4.69) is 15.7 Å². The molecule has 0 radical (unpaired) electrons. The minimum atomic E-state index is -0.919. The lowest BCUT2D eigenvalue weighted by molar-refractivity contribution is -0.641. The van der Waals surface area contributed by atoms with Gasteiger partial charge in [0.25, 0.3) is 11.1 Å². The molecular weight excluding hydrogens is 452 g/mol. The highest BCUT2D eigenvalue weighted by Gasteiger charge is 2.43. The quantitative estimate of drug-likeness (QED) is 0.229. The summed E-state index contributed by atoms with van der Waals surface area (Å²) in [5.41, 5.74) is -0.395. The largest absolute Gasteiger partial charge is 0.522 e. The van der Waals surface area contributed by atoms with Crippen LogP contribution < -0.4 is 15.3 Å². The van der Waals surface area contributed by atoms with Gasteiger partial charge in [-0.3, -0.25) is 9.59 Å². The lowest BCUT2D eigenvalue weighted by atomic mass is 9.88. The van der Waals surface area contributed by atoms with E-state index in [0.717, 1.165) is 23.9 Å². The fourth-order valence-electron chi connectivity index (χ4n) is 3.94. The number of hydrogen-bond donors (Lipinski definition) is 2. The van der Waals surface area contributed by atoms with Gasteiger partial charge in [0.1, 0.15) is 0 Å². The van der Waals surface area contributed by atoms with Gasteiger partial charge in [-0.1, -0.05) is 64.1 Å². The molecule has 0 bridgehead atoms. The van der Waals surface area contributed by atoms with E-state index in [9.17, 15) is 14.4 Å². The molecule has 34 heavy (non-hydrogen) atoms. The summed E-state index contributed by atoms with van der Waals surface area (Å²) in [6.07, 6.45) is 4.91. The molecule has 3 rings (SSSR count). The van der Waals surface area contributed by atoms with Crippen molar-refractivity contribution in [1.29, 1.82) is 0 Å². The average Bonchev–Trinajstić information content (AvgIpc) is 3.22. The van der Waals surface area contributed by atoms with E-state index in [4.69, 9.17) is 4.42 Å². The molecule has 2 N–H and O–H groups in total. The molecule has 1 aliphatic rings. The third kappa shape index (κ3) is 6.91. The zero-order chi connectivity index (χ0) is 24.7. The minimum absolute atomic E-state index is 0.0818. The number of carbonyl (C=O) groups is 3. The number of ketones is 1. The Bertz CT molecular complexity index is 998. The molecule has 1 aromatic heterocycles. The summed E-state index contributed by atoms with van der Waals surface area (Å²) in [7, 11) is 0. The van der Waals surface area contributed by atoms with Gasteiger partial charge in [0.2, 0.25) is 5.78 Å². The van der Waals surface area contributed by atoms with Crippen LogP contribution in [0.15, 0.2) is 40.0 Å². The van der Waals surface area contributed by atoms with Gasteiger partial charge < -0.3 is 9.73 Å². The van der Waals surface area contributed by atoms with Crippen LogP contribution in [0.5, 0.6) is 0 Å². The number of Topliss-reactive ketones (excluding diaryl/α,β-unsaturated/α-hetero) is 1. The van der Waals surface area contributed by atoms with Crippen molar-refractivity contribution in [3.05, 3.63) is 41.8 Å². The molecule has 1 fully saturated rings. The number of benzene rings is 1. The first-order valence-corrected chi connectivity index (χ1v) is 12.9. The zero-order valence-corrected chi connectivity index (χ0v) is 21.2. The third-order valence-electron chi connectivity index (χ3n) is 5.72. The lowest BCUT2D eigenvalue weighted by Crippen LogP contribution is -2.67. The van der Waals surface area contributed by atoms with Gasteiger partial charge in [-0.15, -0.1) is 0 Å². The summed E-state index contributed by atoms with van der Waals surface area (Å²) in [5, 5.41) is 10.8. The van der Waals surface area contributed by atoms with Crippen molar-refractivity contribution in [3.63, 3.8) is 0 Å². The average molecular weight is 488 g/mol. The van der Waals surface area contributed by atoms with Crippen LogP contribution in [0.4, 0.5) is 4.79 Å². The van der Waals surface area contributed by atoms with Crippen molar-refractivity contribution in [2.75, 3.05) is 0 Å². The highest BCUT2D eigenvalue weighted by molar-refractivity contribution is 7.99. The number of nitrogens with one attached hydrogen (secondary N) is 2. The molecule has 184 valence electrons. The van der Waals surface area contributed by atoms with Gasteiger partial charge in [0, 0.05) is 30.1 Å². The molecule has 0 atom stereocenters. The van der Waals surface area contributed by atoms with Crippen LogP contribution in [0, 0.1) is 5.92 Å². The number of carbonyl (C=O) groups excluding carboxylic acids is 3. The summed E-state index contributed by atoms with van der Waals surface area (Å²) in [5.74, 6) is -0.255. The molecule has 0 unspecified atom stereocenters. The first-order valence-electron chi connectivity index (χ1n) is 12.0. The normalized spacial score (nSPS) is 15.4. The van der Waals surface area contributed by atoms with E-state index in [1.54, 1.807) is 24.3 Å². The Kier molecular flexibility index (Phi) is 8.88. The van der Waals surface area contributed by atoms with Crippen LogP contribution in [0.2, 0.25) is 0 Å². The van der Waals surface area contributed by atoms with Crippen LogP contribution in [0.25, 0.3) is 0 Å². The Balaban J connectivity index is 1.85. The van der Waals surface area contributed by atoms with Crippen LogP contribution >= 0.6 is 11.8 Å². The van der Waals surface area contributed by atoms with Gasteiger partial charge in [-0.25, -0.2) is 5.32 Å². The van der Waals surface area contributed by atoms with Crippen LogP contribution in [-0.4, -0.2) is 33.7 Å². The van der Waals surface area contributed by atoms with Gasteiger partial charge >= 0.3 is 11.9 Å². The predicted molar refractivity (Wildman–Crippen MR) is 130 cm³/mol. The summed E-state index contributed by atoms with van der Waals surface area (Å²) in [6, 6.07) is 8.34. The zero-order valence-electron chi connectivity index (χ0n) is 20.4. The number of amides is 2. The second-order valence-electron chi connectivity index (χ2n) is 9.50. The second kappa shape index (κ2) is 11.6. The number of nitrogens with zero attached hydrogens (tertiary/aromatic N) is 2. The topological polar surface area (TPSA) is 105 Å². The Morgan fingerprint density at radius 1 is 1.06 bits per heavy atom. The summed E-state index contributed by atoms with van der Waals surface area (Å²) in [4.78, 5) is 39.2. The molecule has 1 heterocycles. The Morgan fingerprint density at radius 3 is 2.35 bits per heavy atom. The van der Waals surface area contributed by atoms with E-state index in [0.29, 0.717) is 30.7 Å². The number of thioether (sulfide) groups is 1. The summed E-state index contributed by atoms with van der Waals surface area (Å²) < 4.78 is 6.76. The molecule has 0 aliphatic heterocycles. The maximum Gasteiger partial charge on any atom is 0.522 e. The highest BCUT2D eigenvalue weighted by atomic mass is 32.2. The number of rotatable bonds is 9. The van der Waals surface area contributed by atoms with E-state index in [1.807, 2.05) is 33.8 Å². The molecule has 2 aromatic rings. The monoisotopic (exact) mass is 487 g/mol. The fourth-order valence-corrected chi connectivity index (χ4v) is 4.59. The number of aromatic nitrogens is 2. The maximum absolute atomic E-state index is 13.4. The Labute approximate surface area is 205 Å². The molecule has 2 amide bonds. The van der Waals surface area contributed by atoms with Gasteiger partial charge in [0.15, 0.2) is 5.66 Å². The third-order valence-corrected chi connectivity index (χ3v) is 6.55. The van der Waals surface area contributed by atoms with E-state index in [-0.39, 0.29) is 34.5 Å². The second-order valence-corrected chi connectivity index (χ2v) is 11.0. The molecular formula is C25H35N4O4S+. The molecule has 9 heteroatoms. The van der Waals surface area contributed by atoms with Crippen molar-refractivity contribution in [2.45, 2.75) is 88.8 Å². The van der Waals surface area contributed by atoms with Crippen molar-refractivity contribution >= 4 is 29.5 Å². The molecule has 1 aliphatic carbocycles. The van der Waals surface area contributed by atoms with Crippen molar-refractivity contribution in [1.82, 2.24) is 15.7 Å². The maximum atomic E-state index is 13.4. The Hall–Kier alpha value is -2.68. The van der Waals surface area contributed by atoms with Crippen LogP contribution in [-0.2, 0) is 0 Å². The molecule has 1 aromatic carbocycles. The first-order chi connectivity index (χ1) is 16.2. The minimum Gasteiger partial charge on any atom is -0.390 e. The van der Waals surface area contributed by atoms with E-state index in [1.165, 1.54) is 11.8 Å². The van der Waals surface area contributed by atoms with Crippen LogP contribution in [0.1, 0.15) is 93.7 Å². The predicted octanol–water partition coefficient (Wildman–Crippen LogP) is 4.73. The molecule has 1 saturated carbocycles. The summed E-state index contributed by atoms with van der Waals surface area (Å²) in [6.45, 7) is 8.04.